The van der Waals surface area contributed by atoms with Crippen molar-refractivity contribution in [2.75, 3.05) is 9.80 Å². The summed E-state index contributed by atoms with van der Waals surface area (Å²) in [6.45, 7) is 2.38. The van der Waals surface area contributed by atoms with Crippen LogP contribution in [0.1, 0.15) is 27.8 Å². The standard InChI is InChI=1S/C62H49N3/c1-5-19-46(20-6-1)43-63(44-47-21-7-2-8-22-47)60-32-18-16-30-56(60)52-35-38-62-58(42-52)57-40-49(33-37-61(57)65(62)55-36-34-50-25-13-14-26-51(50)41-55)39-53-27-15-17-31-59(53)64(54-28-11-4-12-29-54)45-48-23-9-3-10-24-48/h1-38,40-42H,39,43-45H2. The number of benzene rings is 10. The highest BCUT2D eigenvalue weighted by Crippen LogP contribution is 2.40. The first-order valence-corrected chi connectivity index (χ1v) is 22.6. The Morgan fingerprint density at radius 3 is 1.58 bits per heavy atom. The molecule has 0 radical (unpaired) electrons. The van der Waals surface area contributed by atoms with Gasteiger partial charge in [-0.3, -0.25) is 0 Å². The molecule has 0 saturated heterocycles. The van der Waals surface area contributed by atoms with Crippen LogP contribution in [0.5, 0.6) is 0 Å². The largest absolute Gasteiger partial charge is 0.362 e. The van der Waals surface area contributed by atoms with Crippen LogP contribution in [0.15, 0.2) is 249 Å². The summed E-state index contributed by atoms with van der Waals surface area (Å²) in [6.07, 6.45) is 0.795. The Hall–Kier alpha value is -8.14. The summed E-state index contributed by atoms with van der Waals surface area (Å²) in [5.41, 5.74) is 16.0. The van der Waals surface area contributed by atoms with Crippen molar-refractivity contribution < 1.29 is 0 Å². The zero-order valence-electron chi connectivity index (χ0n) is 36.3. The lowest BCUT2D eigenvalue weighted by Gasteiger charge is -2.28. The molecular formula is C62H49N3. The molecule has 65 heavy (non-hydrogen) atoms. The van der Waals surface area contributed by atoms with Crippen LogP contribution in [0.25, 0.3) is 49.4 Å². The molecule has 1 aromatic heterocycles. The first-order valence-electron chi connectivity index (χ1n) is 22.6. The predicted molar refractivity (Wildman–Crippen MR) is 274 cm³/mol. The maximum absolute atomic E-state index is 2.52. The Kier molecular flexibility index (Phi) is 10.9. The summed E-state index contributed by atoms with van der Waals surface area (Å²) in [6, 6.07) is 90.8. The van der Waals surface area contributed by atoms with Gasteiger partial charge in [0.05, 0.1) is 11.0 Å². The first-order chi connectivity index (χ1) is 32.2. The van der Waals surface area contributed by atoms with Gasteiger partial charge in [-0.05, 0) is 111 Å². The Balaban J connectivity index is 1.05. The highest BCUT2D eigenvalue weighted by atomic mass is 15.1. The van der Waals surface area contributed by atoms with Crippen molar-refractivity contribution in [2.45, 2.75) is 26.1 Å². The molecule has 10 aromatic carbocycles. The quantitative estimate of drug-likeness (QED) is 0.115. The van der Waals surface area contributed by atoms with Gasteiger partial charge in [0.2, 0.25) is 0 Å². The van der Waals surface area contributed by atoms with E-state index in [9.17, 15) is 0 Å². The Morgan fingerprint density at radius 1 is 0.354 bits per heavy atom. The summed E-state index contributed by atoms with van der Waals surface area (Å²) in [5.74, 6) is 0. The van der Waals surface area contributed by atoms with Crippen LogP contribution in [-0.2, 0) is 26.1 Å². The molecule has 0 aliphatic heterocycles. The van der Waals surface area contributed by atoms with E-state index in [-0.39, 0.29) is 0 Å². The van der Waals surface area contributed by atoms with Crippen LogP contribution in [-0.4, -0.2) is 4.57 Å². The lowest BCUT2D eigenvalue weighted by Crippen LogP contribution is -2.22. The number of anilines is 3. The van der Waals surface area contributed by atoms with Crippen LogP contribution < -0.4 is 9.80 Å². The molecule has 312 valence electrons. The van der Waals surface area contributed by atoms with Crippen molar-refractivity contribution >= 4 is 49.6 Å². The number of hydrogen-bond acceptors (Lipinski definition) is 2. The molecule has 0 saturated carbocycles. The van der Waals surface area contributed by atoms with E-state index in [0.717, 1.165) is 31.7 Å². The molecule has 11 aromatic rings. The van der Waals surface area contributed by atoms with Crippen LogP contribution in [0.4, 0.5) is 17.1 Å². The average molecular weight is 836 g/mol. The van der Waals surface area contributed by atoms with Gasteiger partial charge in [-0.15, -0.1) is 0 Å². The number of para-hydroxylation sites is 3. The number of aromatic nitrogens is 1. The summed E-state index contributed by atoms with van der Waals surface area (Å²) in [4.78, 5) is 4.98. The smallest absolute Gasteiger partial charge is 0.0541 e. The number of nitrogens with zero attached hydrogens (tertiary/aromatic N) is 3. The molecule has 0 aliphatic rings. The van der Waals surface area contributed by atoms with Gasteiger partial charge in [0, 0.05) is 58.7 Å². The minimum absolute atomic E-state index is 0.776. The second-order valence-corrected chi connectivity index (χ2v) is 17.0. The van der Waals surface area contributed by atoms with Gasteiger partial charge in [-0.1, -0.05) is 188 Å². The van der Waals surface area contributed by atoms with Gasteiger partial charge < -0.3 is 14.4 Å². The normalized spacial score (nSPS) is 11.3. The maximum Gasteiger partial charge on any atom is 0.0541 e. The Morgan fingerprint density at radius 2 is 0.892 bits per heavy atom. The third-order valence-electron chi connectivity index (χ3n) is 12.7. The zero-order chi connectivity index (χ0) is 43.4. The molecule has 0 bridgehead atoms. The van der Waals surface area contributed by atoms with Gasteiger partial charge in [-0.2, -0.15) is 0 Å². The molecule has 3 nitrogen and oxygen atoms in total. The molecule has 0 fully saturated rings. The maximum atomic E-state index is 2.52. The van der Waals surface area contributed by atoms with Crippen molar-refractivity contribution in [1.82, 2.24) is 4.57 Å². The highest BCUT2D eigenvalue weighted by molar-refractivity contribution is 6.11. The SMILES string of the molecule is c1ccc(CN(Cc2ccccc2)c2ccccc2-c2ccc3c(c2)c2cc(Cc4ccccc4N(Cc4ccccc4)c4ccccc4)ccc2n3-c2ccc3ccccc3c2)cc1. The fourth-order valence-corrected chi connectivity index (χ4v) is 9.60. The fraction of sp³-hybridized carbons (Fsp3) is 0.0645. The average Bonchev–Trinajstić information content (AvgIpc) is 3.69. The second kappa shape index (κ2) is 17.9. The third kappa shape index (κ3) is 8.28. The topological polar surface area (TPSA) is 11.4 Å². The van der Waals surface area contributed by atoms with Crippen LogP contribution >= 0.6 is 0 Å². The van der Waals surface area contributed by atoms with Crippen LogP contribution in [0, 0.1) is 0 Å². The molecule has 0 atom stereocenters. The van der Waals surface area contributed by atoms with E-state index in [1.165, 1.54) is 88.6 Å². The molecule has 0 amide bonds. The van der Waals surface area contributed by atoms with Crippen molar-refractivity contribution in [3.63, 3.8) is 0 Å². The summed E-state index contributed by atoms with van der Waals surface area (Å²) in [5, 5.41) is 4.96. The molecule has 0 unspecified atom stereocenters. The molecule has 3 heteroatoms. The van der Waals surface area contributed by atoms with E-state index >= 15 is 0 Å². The second-order valence-electron chi connectivity index (χ2n) is 17.0. The van der Waals surface area contributed by atoms with E-state index in [2.05, 4.69) is 263 Å². The third-order valence-corrected chi connectivity index (χ3v) is 12.7. The number of rotatable bonds is 13. The molecule has 0 spiro atoms. The Labute approximate surface area is 381 Å². The van der Waals surface area contributed by atoms with Crippen molar-refractivity contribution in [2.24, 2.45) is 0 Å². The number of fused-ring (bicyclic) bond motifs is 4. The van der Waals surface area contributed by atoms with E-state index in [4.69, 9.17) is 0 Å². The van der Waals surface area contributed by atoms with Gasteiger partial charge >= 0.3 is 0 Å². The van der Waals surface area contributed by atoms with Crippen molar-refractivity contribution in [1.29, 1.82) is 0 Å². The van der Waals surface area contributed by atoms with Gasteiger partial charge in [-0.25, -0.2) is 0 Å². The minimum atomic E-state index is 0.776. The van der Waals surface area contributed by atoms with Crippen LogP contribution in [0.3, 0.4) is 0 Å². The summed E-state index contributed by atoms with van der Waals surface area (Å²) < 4.78 is 2.46. The number of hydrogen-bond donors (Lipinski definition) is 0. The fourth-order valence-electron chi connectivity index (χ4n) is 9.60. The van der Waals surface area contributed by atoms with Crippen molar-refractivity contribution in [3.8, 4) is 16.8 Å². The van der Waals surface area contributed by atoms with Gasteiger partial charge in [0.1, 0.15) is 0 Å². The minimum Gasteiger partial charge on any atom is -0.362 e. The highest BCUT2D eigenvalue weighted by Gasteiger charge is 2.20. The first kappa shape index (κ1) is 39.7. The van der Waals surface area contributed by atoms with E-state index in [1.54, 1.807) is 0 Å². The van der Waals surface area contributed by atoms with Gasteiger partial charge in [0.15, 0.2) is 0 Å². The van der Waals surface area contributed by atoms with E-state index in [1.807, 2.05) is 0 Å². The lowest BCUT2D eigenvalue weighted by molar-refractivity contribution is 0.801. The lowest BCUT2D eigenvalue weighted by atomic mass is 9.98. The predicted octanol–water partition coefficient (Wildman–Crippen LogP) is 15.7. The van der Waals surface area contributed by atoms with Gasteiger partial charge in [0.25, 0.3) is 0 Å². The monoisotopic (exact) mass is 835 g/mol. The van der Waals surface area contributed by atoms with Crippen molar-refractivity contribution in [3.05, 3.63) is 277 Å². The molecule has 11 rings (SSSR count). The zero-order valence-corrected chi connectivity index (χ0v) is 36.3. The Bertz CT molecular complexity index is 3330. The molecule has 0 N–H and O–H groups in total. The summed E-state index contributed by atoms with van der Waals surface area (Å²) >= 11 is 0. The molecule has 0 aliphatic carbocycles. The molecule has 1 heterocycles. The summed E-state index contributed by atoms with van der Waals surface area (Å²) in [7, 11) is 0. The van der Waals surface area contributed by atoms with E-state index < -0.39 is 0 Å². The van der Waals surface area contributed by atoms with Crippen LogP contribution in [0.2, 0.25) is 0 Å². The molecular weight excluding hydrogens is 787 g/mol. The van der Waals surface area contributed by atoms with E-state index in [0.29, 0.717) is 0 Å².